The van der Waals surface area contributed by atoms with Gasteiger partial charge in [-0.3, -0.25) is 0 Å². The zero-order valence-electron chi connectivity index (χ0n) is 19.8. The zero-order valence-corrected chi connectivity index (χ0v) is 19.8. The summed E-state index contributed by atoms with van der Waals surface area (Å²) in [6, 6.07) is 25.0. The number of anilines is 2. The summed E-state index contributed by atoms with van der Waals surface area (Å²) in [6.45, 7) is 0. The summed E-state index contributed by atoms with van der Waals surface area (Å²) in [7, 11) is 3.14. The van der Waals surface area contributed by atoms with Gasteiger partial charge in [0.25, 0.3) is 0 Å². The molecule has 0 fully saturated rings. The Balaban J connectivity index is 1.64. The summed E-state index contributed by atoms with van der Waals surface area (Å²) >= 11 is 0. The molecule has 0 aliphatic heterocycles. The van der Waals surface area contributed by atoms with Gasteiger partial charge in [0.2, 0.25) is 0 Å². The van der Waals surface area contributed by atoms with E-state index in [2.05, 4.69) is 5.32 Å². The molecule has 0 atom stereocenters. The number of methoxy groups -OCH3 is 2. The van der Waals surface area contributed by atoms with Gasteiger partial charge in [-0.25, -0.2) is 9.59 Å². The predicted molar refractivity (Wildman–Crippen MR) is 138 cm³/mol. The third-order valence-corrected chi connectivity index (χ3v) is 5.88. The van der Waals surface area contributed by atoms with E-state index in [1.165, 1.54) is 6.07 Å². The first-order valence-corrected chi connectivity index (χ1v) is 11.2. The molecular weight excluding hydrogens is 458 g/mol. The lowest BCUT2D eigenvalue weighted by Crippen LogP contribution is -2.04. The van der Waals surface area contributed by atoms with Crippen molar-refractivity contribution < 1.29 is 29.3 Å². The maximum Gasteiger partial charge on any atom is 0.337 e. The summed E-state index contributed by atoms with van der Waals surface area (Å²) in [5, 5.41) is 22.1. The number of hydrogen-bond acceptors (Lipinski definition) is 5. The summed E-state index contributed by atoms with van der Waals surface area (Å²) in [4.78, 5) is 23.1. The maximum atomic E-state index is 11.6. The molecule has 7 heteroatoms. The summed E-state index contributed by atoms with van der Waals surface area (Å²) in [6.07, 6.45) is 0.418. The second-order valence-electron chi connectivity index (χ2n) is 8.06. The molecule has 0 saturated carbocycles. The number of aromatic carboxylic acids is 2. The van der Waals surface area contributed by atoms with Crippen LogP contribution < -0.4 is 14.8 Å². The van der Waals surface area contributed by atoms with Gasteiger partial charge in [0, 0.05) is 6.42 Å². The van der Waals surface area contributed by atoms with Crippen LogP contribution in [-0.2, 0) is 6.42 Å². The average molecular weight is 484 g/mol. The van der Waals surface area contributed by atoms with Crippen molar-refractivity contribution in [2.75, 3.05) is 19.5 Å². The van der Waals surface area contributed by atoms with E-state index in [4.69, 9.17) is 9.47 Å². The fourth-order valence-electron chi connectivity index (χ4n) is 4.06. The van der Waals surface area contributed by atoms with Gasteiger partial charge in [-0.15, -0.1) is 0 Å². The van der Waals surface area contributed by atoms with Gasteiger partial charge in [-0.05, 0) is 58.7 Å². The minimum absolute atomic E-state index is 0.161. The Kier molecular flexibility index (Phi) is 7.20. The van der Waals surface area contributed by atoms with Crippen LogP contribution in [0.25, 0.3) is 11.1 Å². The molecule has 7 nitrogen and oxygen atoms in total. The van der Waals surface area contributed by atoms with Gasteiger partial charge in [-0.2, -0.15) is 0 Å². The van der Waals surface area contributed by atoms with Gasteiger partial charge in [-0.1, -0.05) is 48.5 Å². The minimum atomic E-state index is -1.02. The highest BCUT2D eigenvalue weighted by Gasteiger charge is 2.15. The number of para-hydroxylation sites is 1. The number of nitrogens with one attached hydrogen (secondary N) is 1. The smallest absolute Gasteiger partial charge is 0.337 e. The second-order valence-corrected chi connectivity index (χ2v) is 8.06. The highest BCUT2D eigenvalue weighted by molar-refractivity contribution is 5.95. The van der Waals surface area contributed by atoms with Crippen LogP contribution in [0.4, 0.5) is 11.4 Å². The molecule has 0 saturated heterocycles. The Hall–Kier alpha value is -4.78. The summed E-state index contributed by atoms with van der Waals surface area (Å²) in [5.74, 6) is -0.796. The Bertz CT molecular complexity index is 1320. The SMILES string of the molecule is COc1cc(-c2ccc(Nc3ccccc3C(=O)O)c(OC)c2)ccc1Cc1ccccc1C(=O)O. The standard InChI is InChI=1S/C29H25NO6/c1-35-26-16-18(11-12-21(26)15-20-7-3-4-8-22(20)28(31)32)19-13-14-25(27(17-19)36-2)30-24-10-6-5-9-23(24)29(33)34/h3-14,16-17,30H,15H2,1-2H3,(H,31,32)(H,33,34). The first-order valence-electron chi connectivity index (χ1n) is 11.2. The van der Waals surface area contributed by atoms with E-state index < -0.39 is 11.9 Å². The van der Waals surface area contributed by atoms with E-state index in [1.807, 2.05) is 42.5 Å². The molecule has 182 valence electrons. The second kappa shape index (κ2) is 10.7. The van der Waals surface area contributed by atoms with Crippen molar-refractivity contribution in [1.82, 2.24) is 0 Å². The molecule has 36 heavy (non-hydrogen) atoms. The first kappa shape index (κ1) is 24.3. The number of rotatable bonds is 9. The molecule has 0 heterocycles. The Morgan fingerprint density at radius 2 is 1.25 bits per heavy atom. The van der Waals surface area contributed by atoms with Crippen LogP contribution in [0.2, 0.25) is 0 Å². The lowest BCUT2D eigenvalue weighted by Gasteiger charge is -2.16. The number of benzene rings is 4. The molecule has 0 aliphatic carbocycles. The number of hydrogen-bond donors (Lipinski definition) is 3. The Morgan fingerprint density at radius 3 is 1.92 bits per heavy atom. The van der Waals surface area contributed by atoms with Gasteiger partial charge in [0.05, 0.1) is 36.7 Å². The molecule has 0 radical (unpaired) electrons. The molecular formula is C29H25NO6. The molecule has 4 rings (SSSR count). The van der Waals surface area contributed by atoms with Crippen molar-refractivity contribution in [3.63, 3.8) is 0 Å². The maximum absolute atomic E-state index is 11.6. The number of carboxylic acid groups (broad SMARTS) is 2. The summed E-state index contributed by atoms with van der Waals surface area (Å²) in [5.41, 5.74) is 4.85. The van der Waals surface area contributed by atoms with Crippen LogP contribution in [0, 0.1) is 0 Å². The average Bonchev–Trinajstić information content (AvgIpc) is 2.89. The normalized spacial score (nSPS) is 10.5. The van der Waals surface area contributed by atoms with E-state index in [1.54, 1.807) is 50.6 Å². The Morgan fingerprint density at radius 1 is 0.667 bits per heavy atom. The molecule has 0 amide bonds. The van der Waals surface area contributed by atoms with Crippen molar-refractivity contribution in [3.05, 3.63) is 107 Å². The lowest BCUT2D eigenvalue weighted by molar-refractivity contribution is 0.0686. The van der Waals surface area contributed by atoms with Crippen LogP contribution >= 0.6 is 0 Å². The van der Waals surface area contributed by atoms with Crippen LogP contribution in [0.5, 0.6) is 11.5 Å². The van der Waals surface area contributed by atoms with E-state index in [9.17, 15) is 19.8 Å². The monoisotopic (exact) mass is 483 g/mol. The number of ether oxygens (including phenoxy) is 2. The van der Waals surface area contributed by atoms with Gasteiger partial charge in [0.15, 0.2) is 0 Å². The van der Waals surface area contributed by atoms with Crippen LogP contribution in [-0.4, -0.2) is 36.4 Å². The number of carbonyl (C=O) groups is 2. The van der Waals surface area contributed by atoms with Crippen molar-refractivity contribution in [2.45, 2.75) is 6.42 Å². The third kappa shape index (κ3) is 5.15. The topological polar surface area (TPSA) is 105 Å². The molecule has 4 aromatic rings. The predicted octanol–water partition coefficient (Wildman–Crippen LogP) is 6.10. The minimum Gasteiger partial charge on any atom is -0.496 e. The van der Waals surface area contributed by atoms with Gasteiger partial charge < -0.3 is 25.0 Å². The fraction of sp³-hybridized carbons (Fsp3) is 0.103. The van der Waals surface area contributed by atoms with Crippen molar-refractivity contribution in [2.24, 2.45) is 0 Å². The first-order chi connectivity index (χ1) is 17.4. The molecule has 3 N–H and O–H groups in total. The zero-order chi connectivity index (χ0) is 25.7. The molecule has 0 aromatic heterocycles. The Labute approximate surface area is 208 Å². The molecule has 0 aliphatic rings. The fourth-order valence-corrected chi connectivity index (χ4v) is 4.06. The molecule has 0 unspecified atom stereocenters. The molecule has 0 spiro atoms. The van der Waals surface area contributed by atoms with Gasteiger partial charge in [0.1, 0.15) is 11.5 Å². The summed E-state index contributed by atoms with van der Waals surface area (Å²) < 4.78 is 11.2. The van der Waals surface area contributed by atoms with Crippen molar-refractivity contribution in [3.8, 4) is 22.6 Å². The molecule has 0 bridgehead atoms. The van der Waals surface area contributed by atoms with E-state index >= 15 is 0 Å². The van der Waals surface area contributed by atoms with Crippen molar-refractivity contribution >= 4 is 23.3 Å². The van der Waals surface area contributed by atoms with E-state index in [0.29, 0.717) is 34.9 Å². The van der Waals surface area contributed by atoms with Crippen molar-refractivity contribution in [1.29, 1.82) is 0 Å². The molecule has 4 aromatic carbocycles. The van der Waals surface area contributed by atoms with Crippen LogP contribution in [0.3, 0.4) is 0 Å². The van der Waals surface area contributed by atoms with E-state index in [-0.39, 0.29) is 11.1 Å². The highest BCUT2D eigenvalue weighted by atomic mass is 16.5. The van der Waals surface area contributed by atoms with Crippen LogP contribution in [0.1, 0.15) is 31.8 Å². The lowest BCUT2D eigenvalue weighted by atomic mass is 9.96. The quantitative estimate of drug-likeness (QED) is 0.264. The van der Waals surface area contributed by atoms with E-state index in [0.717, 1.165) is 16.7 Å². The number of carboxylic acids is 2. The van der Waals surface area contributed by atoms with Crippen LogP contribution in [0.15, 0.2) is 84.9 Å². The third-order valence-electron chi connectivity index (χ3n) is 5.88. The van der Waals surface area contributed by atoms with Gasteiger partial charge >= 0.3 is 11.9 Å². The highest BCUT2D eigenvalue weighted by Crippen LogP contribution is 2.36. The largest absolute Gasteiger partial charge is 0.496 e.